The van der Waals surface area contributed by atoms with Gasteiger partial charge in [-0.15, -0.1) is 23.5 Å². The first kappa shape index (κ1) is 27.1. The maximum atomic E-state index is 5.12. The number of hydrogen-bond acceptors (Lipinski definition) is 4. The van der Waals surface area contributed by atoms with Crippen LogP contribution in [-0.4, -0.2) is 34.0 Å². The molecule has 3 rings (SSSR count). The molecule has 2 nitrogen and oxygen atoms in total. The van der Waals surface area contributed by atoms with Crippen LogP contribution in [-0.2, 0) is 0 Å². The Labute approximate surface area is 216 Å². The molecule has 0 aliphatic heterocycles. The van der Waals surface area contributed by atoms with Crippen LogP contribution < -0.4 is 0 Å². The van der Waals surface area contributed by atoms with Gasteiger partial charge in [0.2, 0.25) is 0 Å². The fraction of sp³-hybridized carbons (Fsp3) is 0.533. The lowest BCUT2D eigenvalue weighted by atomic mass is 9.91. The van der Waals surface area contributed by atoms with Gasteiger partial charge >= 0.3 is 0 Å². The van der Waals surface area contributed by atoms with E-state index in [4.69, 9.17) is 9.98 Å². The molecule has 0 N–H and O–H groups in total. The summed E-state index contributed by atoms with van der Waals surface area (Å²) in [5, 5.41) is 0. The van der Waals surface area contributed by atoms with Gasteiger partial charge in [0, 0.05) is 42.8 Å². The average Bonchev–Trinajstić information content (AvgIpc) is 2.73. The van der Waals surface area contributed by atoms with Crippen molar-refractivity contribution in [3.05, 3.63) is 58.7 Å². The monoisotopic (exact) mass is 494 g/mol. The van der Waals surface area contributed by atoms with Crippen molar-refractivity contribution in [2.45, 2.75) is 112 Å². The Morgan fingerprint density at radius 1 is 0.676 bits per heavy atom. The molecule has 1 aliphatic carbocycles. The summed E-state index contributed by atoms with van der Waals surface area (Å²) in [6.07, 6.45) is 8.94. The molecule has 0 aromatic heterocycles. The minimum Gasteiger partial charge on any atom is -0.287 e. The Kier molecular flexibility index (Phi) is 9.14. The van der Waals surface area contributed by atoms with E-state index < -0.39 is 0 Å². The van der Waals surface area contributed by atoms with Crippen LogP contribution in [0.4, 0.5) is 0 Å². The highest BCUT2D eigenvalue weighted by atomic mass is 32.2. The number of rotatable bonds is 6. The quantitative estimate of drug-likeness (QED) is 0.296. The Morgan fingerprint density at radius 3 is 1.41 bits per heavy atom. The summed E-state index contributed by atoms with van der Waals surface area (Å²) in [7, 11) is 0. The van der Waals surface area contributed by atoms with Crippen LogP contribution in [0.25, 0.3) is 0 Å². The number of nitrogens with zero attached hydrogens (tertiary/aromatic N) is 2. The van der Waals surface area contributed by atoms with Gasteiger partial charge in [0.25, 0.3) is 0 Å². The Hall–Kier alpha value is -1.52. The molecule has 34 heavy (non-hydrogen) atoms. The van der Waals surface area contributed by atoms with Crippen molar-refractivity contribution in [1.29, 1.82) is 0 Å². The zero-order valence-electron chi connectivity index (χ0n) is 22.3. The summed E-state index contributed by atoms with van der Waals surface area (Å²) in [6.45, 7) is 17.9. The van der Waals surface area contributed by atoms with E-state index >= 15 is 0 Å². The topological polar surface area (TPSA) is 24.7 Å². The average molecular weight is 495 g/mol. The van der Waals surface area contributed by atoms with E-state index in [1.807, 2.05) is 23.5 Å². The number of aryl methyl sites for hydroxylation is 2. The van der Waals surface area contributed by atoms with Crippen molar-refractivity contribution in [3.63, 3.8) is 0 Å². The highest BCUT2D eigenvalue weighted by molar-refractivity contribution is 8.01. The normalized spacial score (nSPS) is 19.9. The van der Waals surface area contributed by atoms with E-state index in [2.05, 4.69) is 104 Å². The zero-order valence-corrected chi connectivity index (χ0v) is 23.9. The first-order valence-corrected chi connectivity index (χ1v) is 14.2. The van der Waals surface area contributed by atoms with Gasteiger partial charge in [0.05, 0.1) is 12.1 Å². The van der Waals surface area contributed by atoms with Gasteiger partial charge in [-0.3, -0.25) is 9.98 Å². The molecule has 1 fully saturated rings. The molecule has 0 bridgehead atoms. The first-order chi connectivity index (χ1) is 15.9. The van der Waals surface area contributed by atoms with Crippen LogP contribution in [0.1, 0.15) is 89.5 Å². The number of thioether (sulfide) groups is 2. The highest BCUT2D eigenvalue weighted by Crippen LogP contribution is 2.35. The lowest BCUT2D eigenvalue weighted by molar-refractivity contribution is 0.390. The number of aliphatic imine (C=N–C) groups is 2. The molecule has 2 aromatic carbocycles. The van der Waals surface area contributed by atoms with Gasteiger partial charge in [-0.1, -0.05) is 77.6 Å². The Morgan fingerprint density at radius 2 is 1.06 bits per heavy atom. The standard InChI is InChI=1S/C30H42N2S2/c1-21-13-15-27(33-29(3,4)5)23(17-21)19-31-25-11-9-10-12-26(25)32-20-24-18-22(2)14-16-28(24)34-30(6,7)8/h13-20,25-26H,9-12H2,1-8H3/b31-19+,32-20+. The molecule has 184 valence electrons. The molecule has 0 saturated heterocycles. The van der Waals surface area contributed by atoms with Gasteiger partial charge in [0.15, 0.2) is 0 Å². The smallest absolute Gasteiger partial charge is 0.0723 e. The molecule has 0 amide bonds. The third-order valence-electron chi connectivity index (χ3n) is 5.67. The van der Waals surface area contributed by atoms with Crippen LogP contribution >= 0.6 is 23.5 Å². The van der Waals surface area contributed by atoms with Crippen LogP contribution in [0.5, 0.6) is 0 Å². The summed E-state index contributed by atoms with van der Waals surface area (Å²) < 4.78 is 0.345. The predicted octanol–water partition coefficient (Wildman–Crippen LogP) is 8.93. The predicted molar refractivity (Wildman–Crippen MR) is 155 cm³/mol. The minimum atomic E-state index is 0.173. The summed E-state index contributed by atoms with van der Waals surface area (Å²) in [5.41, 5.74) is 5.02. The zero-order chi connectivity index (χ0) is 24.9. The van der Waals surface area contributed by atoms with E-state index in [9.17, 15) is 0 Å². The van der Waals surface area contributed by atoms with Gasteiger partial charge in [-0.05, 0) is 51.0 Å². The van der Waals surface area contributed by atoms with Crippen molar-refractivity contribution in [1.82, 2.24) is 0 Å². The van der Waals surface area contributed by atoms with Gasteiger partial charge in [-0.2, -0.15) is 0 Å². The highest BCUT2D eigenvalue weighted by Gasteiger charge is 2.24. The van der Waals surface area contributed by atoms with Crippen molar-refractivity contribution >= 4 is 36.0 Å². The molecular weight excluding hydrogens is 452 g/mol. The Bertz CT molecular complexity index is 942. The second-order valence-corrected chi connectivity index (χ2v) is 15.2. The van der Waals surface area contributed by atoms with Crippen molar-refractivity contribution in [3.8, 4) is 0 Å². The molecule has 1 aliphatic rings. The maximum Gasteiger partial charge on any atom is 0.0723 e. The van der Waals surface area contributed by atoms with Gasteiger partial charge in [-0.25, -0.2) is 0 Å². The number of hydrogen-bond donors (Lipinski definition) is 0. The molecule has 2 atom stereocenters. The lowest BCUT2D eigenvalue weighted by Crippen LogP contribution is -2.27. The fourth-order valence-corrected chi connectivity index (χ4v) is 6.23. The van der Waals surface area contributed by atoms with Crippen LogP contribution in [0.2, 0.25) is 0 Å². The van der Waals surface area contributed by atoms with Crippen molar-refractivity contribution in [2.24, 2.45) is 9.98 Å². The molecular formula is C30H42N2S2. The lowest BCUT2D eigenvalue weighted by Gasteiger charge is -2.26. The second kappa shape index (κ2) is 11.5. The van der Waals surface area contributed by atoms with Crippen LogP contribution in [0.3, 0.4) is 0 Å². The molecule has 2 unspecified atom stereocenters. The molecule has 0 radical (unpaired) electrons. The molecule has 4 heteroatoms. The maximum absolute atomic E-state index is 5.12. The summed E-state index contributed by atoms with van der Waals surface area (Å²) >= 11 is 3.83. The molecule has 0 heterocycles. The fourth-order valence-electron chi connectivity index (χ4n) is 4.17. The third kappa shape index (κ3) is 8.61. The minimum absolute atomic E-state index is 0.173. The van der Waals surface area contributed by atoms with E-state index in [-0.39, 0.29) is 21.6 Å². The van der Waals surface area contributed by atoms with Crippen molar-refractivity contribution < 1.29 is 0 Å². The second-order valence-electron chi connectivity index (χ2n) is 11.5. The third-order valence-corrected chi connectivity index (χ3v) is 8.08. The molecule has 0 spiro atoms. The van der Waals surface area contributed by atoms with Crippen LogP contribution in [0, 0.1) is 13.8 Å². The first-order valence-electron chi connectivity index (χ1n) is 12.6. The van der Waals surface area contributed by atoms with Gasteiger partial charge < -0.3 is 0 Å². The van der Waals surface area contributed by atoms with E-state index in [0.717, 1.165) is 12.8 Å². The summed E-state index contributed by atoms with van der Waals surface area (Å²) in [4.78, 5) is 12.9. The summed E-state index contributed by atoms with van der Waals surface area (Å²) in [6, 6.07) is 13.9. The van der Waals surface area contributed by atoms with Crippen LogP contribution in [0.15, 0.2) is 56.2 Å². The van der Waals surface area contributed by atoms with E-state index in [1.54, 1.807) is 0 Å². The van der Waals surface area contributed by atoms with Crippen molar-refractivity contribution in [2.75, 3.05) is 0 Å². The largest absolute Gasteiger partial charge is 0.287 e. The SMILES string of the molecule is Cc1ccc(SC(C)(C)C)c(/C=N/C2CCCCC2/N=C/c2cc(C)ccc2SC(C)(C)C)c1. The van der Waals surface area contributed by atoms with E-state index in [0.29, 0.717) is 0 Å². The summed E-state index contributed by atoms with van der Waals surface area (Å²) in [5.74, 6) is 0. The number of benzene rings is 2. The van der Waals surface area contributed by atoms with E-state index in [1.165, 1.54) is 44.9 Å². The molecule has 2 aromatic rings. The Balaban J connectivity index is 1.83. The van der Waals surface area contributed by atoms with Gasteiger partial charge in [0.1, 0.15) is 0 Å². The molecule has 1 saturated carbocycles.